The topological polar surface area (TPSA) is 64.7 Å². The van der Waals surface area contributed by atoms with E-state index in [-0.39, 0.29) is 5.75 Å². The van der Waals surface area contributed by atoms with Crippen LogP contribution in [0.5, 0.6) is 17.2 Å². The van der Waals surface area contributed by atoms with Crippen LogP contribution in [-0.4, -0.2) is 24.5 Å². The molecule has 1 aromatic heterocycles. The Labute approximate surface area is 111 Å². The molecule has 5 heteroatoms. The van der Waals surface area contributed by atoms with Gasteiger partial charge in [0.1, 0.15) is 0 Å². The van der Waals surface area contributed by atoms with E-state index in [1.165, 1.54) is 14.2 Å². The summed E-state index contributed by atoms with van der Waals surface area (Å²) >= 11 is 0. The molecule has 2 aromatic rings. The predicted octanol–water partition coefficient (Wildman–Crippen LogP) is 2.88. The molecule has 0 unspecified atom stereocenters. The molecule has 0 atom stereocenters. The van der Waals surface area contributed by atoms with Crippen molar-refractivity contribution in [3.05, 3.63) is 35.2 Å². The molecule has 100 valence electrons. The average Bonchev–Trinajstić information content (AvgIpc) is 2.82. The number of methoxy groups -OCH3 is 2. The van der Waals surface area contributed by atoms with Crippen molar-refractivity contribution in [2.24, 2.45) is 0 Å². The minimum Gasteiger partial charge on any atom is -0.502 e. The van der Waals surface area contributed by atoms with Gasteiger partial charge in [-0.1, -0.05) is 5.16 Å². The number of phenolic OH excluding ortho intramolecular Hbond substituents is 1. The first-order chi connectivity index (χ1) is 9.15. The molecule has 0 radical (unpaired) electrons. The fourth-order valence-electron chi connectivity index (χ4n) is 1.71. The van der Waals surface area contributed by atoms with Gasteiger partial charge in [-0.25, -0.2) is 0 Å². The zero-order valence-corrected chi connectivity index (χ0v) is 11.0. The van der Waals surface area contributed by atoms with Gasteiger partial charge in [-0.2, -0.15) is 0 Å². The lowest BCUT2D eigenvalue weighted by Gasteiger charge is -2.10. The molecule has 1 heterocycles. The van der Waals surface area contributed by atoms with E-state index in [9.17, 15) is 5.11 Å². The summed E-state index contributed by atoms with van der Waals surface area (Å²) in [5, 5.41) is 13.7. The van der Waals surface area contributed by atoms with E-state index in [4.69, 9.17) is 14.0 Å². The minimum absolute atomic E-state index is 0.0269. The first kappa shape index (κ1) is 13.0. The Hall–Kier alpha value is -2.43. The molecular formula is C14H15NO4. The number of ether oxygens (including phenoxy) is 2. The second-order valence-corrected chi connectivity index (χ2v) is 3.94. The summed E-state index contributed by atoms with van der Waals surface area (Å²) < 4.78 is 15.3. The average molecular weight is 261 g/mol. The van der Waals surface area contributed by atoms with Gasteiger partial charge in [0.25, 0.3) is 0 Å². The van der Waals surface area contributed by atoms with Crippen LogP contribution in [0.2, 0.25) is 0 Å². The molecule has 0 saturated heterocycles. The second kappa shape index (κ2) is 5.48. The van der Waals surface area contributed by atoms with Crippen LogP contribution in [0.15, 0.2) is 22.7 Å². The van der Waals surface area contributed by atoms with Crippen molar-refractivity contribution in [2.75, 3.05) is 14.2 Å². The third-order valence-corrected chi connectivity index (χ3v) is 2.62. The lowest BCUT2D eigenvalue weighted by molar-refractivity contribution is 0.339. The molecule has 0 spiro atoms. The number of hydrogen-bond acceptors (Lipinski definition) is 5. The maximum Gasteiger partial charge on any atom is 0.201 e. The van der Waals surface area contributed by atoms with Gasteiger partial charge in [0.2, 0.25) is 5.75 Å². The maximum atomic E-state index is 9.95. The minimum atomic E-state index is -0.0269. The molecule has 0 aliphatic rings. The van der Waals surface area contributed by atoms with E-state index >= 15 is 0 Å². The van der Waals surface area contributed by atoms with Crippen molar-refractivity contribution in [1.82, 2.24) is 5.16 Å². The van der Waals surface area contributed by atoms with Crippen LogP contribution in [0, 0.1) is 6.92 Å². The quantitative estimate of drug-likeness (QED) is 0.916. The molecule has 0 amide bonds. The van der Waals surface area contributed by atoms with E-state index in [2.05, 4.69) is 5.16 Å². The Morgan fingerprint density at radius 2 is 2.00 bits per heavy atom. The summed E-state index contributed by atoms with van der Waals surface area (Å²) in [6, 6.07) is 5.27. The van der Waals surface area contributed by atoms with Crippen molar-refractivity contribution < 1.29 is 19.1 Å². The number of nitrogens with zero attached hydrogens (tertiary/aromatic N) is 1. The lowest BCUT2D eigenvalue weighted by Crippen LogP contribution is -1.91. The molecular weight excluding hydrogens is 246 g/mol. The first-order valence-corrected chi connectivity index (χ1v) is 5.71. The number of benzene rings is 1. The van der Waals surface area contributed by atoms with E-state index in [0.717, 1.165) is 11.3 Å². The Kier molecular flexibility index (Phi) is 3.75. The van der Waals surface area contributed by atoms with Gasteiger partial charge in [-0.05, 0) is 31.2 Å². The molecule has 0 saturated carbocycles. The highest BCUT2D eigenvalue weighted by Gasteiger charge is 2.12. The predicted molar refractivity (Wildman–Crippen MR) is 71.4 cm³/mol. The van der Waals surface area contributed by atoms with E-state index in [1.54, 1.807) is 24.3 Å². The third-order valence-electron chi connectivity index (χ3n) is 2.62. The van der Waals surface area contributed by atoms with Crippen LogP contribution >= 0.6 is 0 Å². The van der Waals surface area contributed by atoms with Gasteiger partial charge in [0.05, 0.1) is 19.9 Å². The van der Waals surface area contributed by atoms with E-state index in [1.807, 2.05) is 13.0 Å². The zero-order valence-electron chi connectivity index (χ0n) is 11.0. The van der Waals surface area contributed by atoms with Crippen LogP contribution in [0.4, 0.5) is 0 Å². The molecule has 0 fully saturated rings. The van der Waals surface area contributed by atoms with Crippen molar-refractivity contribution >= 4 is 12.2 Å². The van der Waals surface area contributed by atoms with Crippen LogP contribution in [0.25, 0.3) is 12.2 Å². The highest BCUT2D eigenvalue weighted by atomic mass is 16.5. The molecule has 1 N–H and O–H groups in total. The largest absolute Gasteiger partial charge is 0.502 e. The Balaban J connectivity index is 2.35. The summed E-state index contributed by atoms with van der Waals surface area (Å²) in [6.07, 6.45) is 3.53. The molecule has 0 bridgehead atoms. The standard InChI is InChI=1S/C14H15NO4/c1-9-8-11(19-15-9)6-4-10-5-7-12(17-2)13(16)14(10)18-3/h4-8,16H,1-3H3/b6-4+. The molecule has 0 aliphatic carbocycles. The van der Waals surface area contributed by atoms with Crippen molar-refractivity contribution in [2.45, 2.75) is 6.92 Å². The molecule has 2 rings (SSSR count). The second-order valence-electron chi connectivity index (χ2n) is 3.94. The van der Waals surface area contributed by atoms with Crippen LogP contribution in [-0.2, 0) is 0 Å². The summed E-state index contributed by atoms with van der Waals surface area (Å²) in [6.45, 7) is 1.85. The molecule has 19 heavy (non-hydrogen) atoms. The van der Waals surface area contributed by atoms with Crippen LogP contribution in [0.1, 0.15) is 17.0 Å². The Morgan fingerprint density at radius 3 is 2.58 bits per heavy atom. The zero-order chi connectivity index (χ0) is 13.8. The molecule has 5 nitrogen and oxygen atoms in total. The summed E-state index contributed by atoms with van der Waals surface area (Å²) in [4.78, 5) is 0. The maximum absolute atomic E-state index is 9.95. The van der Waals surface area contributed by atoms with Crippen molar-refractivity contribution in [1.29, 1.82) is 0 Å². The number of phenols is 1. The van der Waals surface area contributed by atoms with Gasteiger partial charge in [-0.15, -0.1) is 0 Å². The lowest BCUT2D eigenvalue weighted by atomic mass is 10.1. The van der Waals surface area contributed by atoms with Crippen molar-refractivity contribution in [3.63, 3.8) is 0 Å². The smallest absolute Gasteiger partial charge is 0.201 e. The molecule has 0 aliphatic heterocycles. The van der Waals surface area contributed by atoms with Crippen molar-refractivity contribution in [3.8, 4) is 17.2 Å². The monoisotopic (exact) mass is 261 g/mol. The molecule has 1 aromatic carbocycles. The van der Waals surface area contributed by atoms with Crippen LogP contribution < -0.4 is 9.47 Å². The van der Waals surface area contributed by atoms with Gasteiger partial charge in [0.15, 0.2) is 17.3 Å². The number of aromatic hydroxyl groups is 1. The van der Waals surface area contributed by atoms with Gasteiger partial charge >= 0.3 is 0 Å². The number of aryl methyl sites for hydroxylation is 1. The van der Waals surface area contributed by atoms with Gasteiger partial charge in [-0.3, -0.25) is 0 Å². The summed E-state index contributed by atoms with van der Waals surface area (Å²) in [5.74, 6) is 1.33. The number of hydrogen-bond donors (Lipinski definition) is 1. The SMILES string of the molecule is COc1ccc(/C=C/c2cc(C)no2)c(OC)c1O. The summed E-state index contributed by atoms with van der Waals surface area (Å²) in [5.41, 5.74) is 1.53. The normalized spacial score (nSPS) is 10.9. The Morgan fingerprint density at radius 1 is 1.21 bits per heavy atom. The highest BCUT2D eigenvalue weighted by molar-refractivity contribution is 5.74. The third kappa shape index (κ3) is 2.70. The van der Waals surface area contributed by atoms with E-state index < -0.39 is 0 Å². The number of aromatic nitrogens is 1. The van der Waals surface area contributed by atoms with Gasteiger partial charge in [0, 0.05) is 11.6 Å². The van der Waals surface area contributed by atoms with Gasteiger partial charge < -0.3 is 19.1 Å². The first-order valence-electron chi connectivity index (χ1n) is 5.71. The highest BCUT2D eigenvalue weighted by Crippen LogP contribution is 2.39. The van der Waals surface area contributed by atoms with E-state index in [0.29, 0.717) is 17.3 Å². The fraction of sp³-hybridized carbons (Fsp3) is 0.214. The Bertz CT molecular complexity index is 601. The number of rotatable bonds is 4. The fourth-order valence-corrected chi connectivity index (χ4v) is 1.71. The van der Waals surface area contributed by atoms with Crippen LogP contribution in [0.3, 0.4) is 0 Å². The summed E-state index contributed by atoms with van der Waals surface area (Å²) in [7, 11) is 2.98.